The summed E-state index contributed by atoms with van der Waals surface area (Å²) in [5.74, 6) is 0.468. The van der Waals surface area contributed by atoms with Crippen LogP contribution in [0.2, 0.25) is 5.02 Å². The first kappa shape index (κ1) is 12.1. The molecule has 0 saturated heterocycles. The predicted molar refractivity (Wildman–Crippen MR) is 61.9 cm³/mol. The van der Waals surface area contributed by atoms with Gasteiger partial charge in [0.05, 0.1) is 10.6 Å². The van der Waals surface area contributed by atoms with Crippen molar-refractivity contribution >= 4 is 29.5 Å². The van der Waals surface area contributed by atoms with E-state index in [4.69, 9.17) is 27.9 Å². The van der Waals surface area contributed by atoms with Crippen LogP contribution in [0.25, 0.3) is 0 Å². The molecule has 0 fully saturated rings. The predicted octanol–water partition coefficient (Wildman–Crippen LogP) is 3.67. The van der Waals surface area contributed by atoms with Gasteiger partial charge in [-0.15, -0.1) is 0 Å². The fourth-order valence-electron chi connectivity index (χ4n) is 0.981. The number of hydrogen-bond donors (Lipinski definition) is 0. The number of carbonyl (C=O) groups excluding carboxylic acids is 1. The van der Waals surface area contributed by atoms with E-state index in [1.54, 1.807) is 18.2 Å². The summed E-state index contributed by atoms with van der Waals surface area (Å²) in [6, 6.07) is 5.06. The summed E-state index contributed by atoms with van der Waals surface area (Å²) in [4.78, 5) is 10.8. The number of carbonyl (C=O) groups is 1. The van der Waals surface area contributed by atoms with Gasteiger partial charge >= 0.3 is 0 Å². The molecule has 0 amide bonds. The molecule has 0 aliphatic rings. The molecule has 0 N–H and O–H groups in total. The van der Waals surface area contributed by atoms with E-state index in [0.29, 0.717) is 29.2 Å². The minimum absolute atomic E-state index is 0.338. The minimum atomic E-state index is 0.338. The topological polar surface area (TPSA) is 26.3 Å². The fourth-order valence-corrected chi connectivity index (χ4v) is 1.25. The molecule has 0 saturated carbocycles. The molecule has 80 valence electrons. The van der Waals surface area contributed by atoms with Crippen molar-refractivity contribution in [1.82, 2.24) is 0 Å². The van der Waals surface area contributed by atoms with Gasteiger partial charge in [-0.1, -0.05) is 29.3 Å². The van der Waals surface area contributed by atoms with Crippen LogP contribution in [0.4, 0.5) is 0 Å². The van der Waals surface area contributed by atoms with Crippen molar-refractivity contribution in [3.8, 4) is 5.75 Å². The second kappa shape index (κ2) is 5.79. The zero-order valence-corrected chi connectivity index (χ0v) is 9.68. The Morgan fingerprint density at radius 1 is 1.53 bits per heavy atom. The lowest BCUT2D eigenvalue weighted by Crippen LogP contribution is -2.01. The summed E-state index contributed by atoms with van der Waals surface area (Å²) < 4.78 is 5.39. The Bertz CT molecular complexity index is 386. The maximum absolute atomic E-state index is 10.8. The van der Waals surface area contributed by atoms with Crippen molar-refractivity contribution in [3.05, 3.63) is 39.9 Å². The zero-order valence-electron chi connectivity index (χ0n) is 8.17. The van der Waals surface area contributed by atoms with Crippen LogP contribution < -0.4 is 4.74 Å². The highest BCUT2D eigenvalue weighted by Gasteiger charge is 2.06. The van der Waals surface area contributed by atoms with Gasteiger partial charge in [-0.2, -0.15) is 0 Å². The molecular weight excluding hydrogens is 235 g/mol. The first-order chi connectivity index (χ1) is 7.19. The number of aldehydes is 1. The van der Waals surface area contributed by atoms with E-state index in [9.17, 15) is 4.79 Å². The molecular formula is C11H10Cl2O2. The monoisotopic (exact) mass is 244 g/mol. The standard InChI is InChI=1S/C11H10Cl2O2/c1-8(5-12)7-15-11-4-2-3-10(13)9(11)6-14/h2-6H,7H2,1H3/b8-5-. The average molecular weight is 245 g/mol. The third-order valence-corrected chi connectivity index (χ3v) is 2.47. The maximum Gasteiger partial charge on any atom is 0.155 e. The van der Waals surface area contributed by atoms with Crippen LogP contribution in [0.3, 0.4) is 0 Å². The smallest absolute Gasteiger partial charge is 0.155 e. The molecule has 0 aliphatic carbocycles. The van der Waals surface area contributed by atoms with Gasteiger partial charge in [0.2, 0.25) is 0 Å². The fraction of sp³-hybridized carbons (Fsp3) is 0.182. The van der Waals surface area contributed by atoms with Gasteiger partial charge in [0.1, 0.15) is 12.4 Å². The first-order valence-electron chi connectivity index (χ1n) is 4.31. The largest absolute Gasteiger partial charge is 0.488 e. The molecule has 4 heteroatoms. The average Bonchev–Trinajstić information content (AvgIpc) is 2.25. The molecule has 2 nitrogen and oxygen atoms in total. The van der Waals surface area contributed by atoms with Gasteiger partial charge in [0, 0.05) is 5.54 Å². The second-order valence-electron chi connectivity index (χ2n) is 3.01. The number of rotatable bonds is 4. The van der Waals surface area contributed by atoms with E-state index in [-0.39, 0.29) is 0 Å². The Labute approximate surface area is 98.4 Å². The lowest BCUT2D eigenvalue weighted by Gasteiger charge is -2.08. The summed E-state index contributed by atoms with van der Waals surface area (Å²) >= 11 is 11.3. The molecule has 1 aromatic carbocycles. The summed E-state index contributed by atoms with van der Waals surface area (Å²) in [6.07, 6.45) is 0.678. The number of ether oxygens (including phenoxy) is 1. The van der Waals surface area contributed by atoms with Crippen LogP contribution in [0.1, 0.15) is 17.3 Å². The minimum Gasteiger partial charge on any atom is -0.488 e. The van der Waals surface area contributed by atoms with Gasteiger partial charge in [0.25, 0.3) is 0 Å². The Hall–Kier alpha value is -0.990. The van der Waals surface area contributed by atoms with Crippen LogP contribution in [-0.2, 0) is 0 Å². The molecule has 0 heterocycles. The molecule has 0 bridgehead atoms. The molecule has 15 heavy (non-hydrogen) atoms. The molecule has 1 aromatic rings. The van der Waals surface area contributed by atoms with E-state index in [1.165, 1.54) is 5.54 Å². The lowest BCUT2D eigenvalue weighted by atomic mass is 10.2. The highest BCUT2D eigenvalue weighted by molar-refractivity contribution is 6.33. The number of halogens is 2. The highest BCUT2D eigenvalue weighted by Crippen LogP contribution is 2.24. The van der Waals surface area contributed by atoms with Crippen molar-refractivity contribution in [2.24, 2.45) is 0 Å². The normalized spacial score (nSPS) is 11.3. The van der Waals surface area contributed by atoms with E-state index in [1.807, 2.05) is 6.92 Å². The Morgan fingerprint density at radius 3 is 2.87 bits per heavy atom. The van der Waals surface area contributed by atoms with Crippen LogP contribution in [0.5, 0.6) is 5.75 Å². The van der Waals surface area contributed by atoms with Crippen LogP contribution in [-0.4, -0.2) is 12.9 Å². The van der Waals surface area contributed by atoms with E-state index < -0.39 is 0 Å². The summed E-state index contributed by atoms with van der Waals surface area (Å²) in [5.41, 5.74) is 2.67. The van der Waals surface area contributed by atoms with Crippen molar-refractivity contribution in [2.75, 3.05) is 6.61 Å². The Balaban J connectivity index is 2.85. The molecule has 0 unspecified atom stereocenters. The van der Waals surface area contributed by atoms with Crippen LogP contribution in [0, 0.1) is 0 Å². The third kappa shape index (κ3) is 3.26. The Morgan fingerprint density at radius 2 is 2.27 bits per heavy atom. The van der Waals surface area contributed by atoms with Crippen molar-refractivity contribution in [1.29, 1.82) is 0 Å². The molecule has 0 radical (unpaired) electrons. The van der Waals surface area contributed by atoms with Gasteiger partial charge in [0.15, 0.2) is 6.29 Å². The number of hydrogen-bond acceptors (Lipinski definition) is 2. The van der Waals surface area contributed by atoms with Crippen LogP contribution in [0.15, 0.2) is 29.3 Å². The molecule has 1 rings (SSSR count). The highest BCUT2D eigenvalue weighted by atomic mass is 35.5. The van der Waals surface area contributed by atoms with Crippen molar-refractivity contribution in [3.63, 3.8) is 0 Å². The van der Waals surface area contributed by atoms with Crippen molar-refractivity contribution < 1.29 is 9.53 Å². The SMILES string of the molecule is C/C(=C/Cl)COc1cccc(Cl)c1C=O. The van der Waals surface area contributed by atoms with Gasteiger partial charge < -0.3 is 4.74 Å². The third-order valence-electron chi connectivity index (χ3n) is 1.77. The van der Waals surface area contributed by atoms with Gasteiger partial charge in [-0.3, -0.25) is 4.79 Å². The van der Waals surface area contributed by atoms with E-state index >= 15 is 0 Å². The van der Waals surface area contributed by atoms with Gasteiger partial charge in [-0.05, 0) is 24.6 Å². The molecule has 0 atom stereocenters. The van der Waals surface area contributed by atoms with Crippen LogP contribution >= 0.6 is 23.2 Å². The molecule has 0 spiro atoms. The summed E-state index contributed by atoms with van der Waals surface area (Å²) in [6.45, 7) is 2.17. The summed E-state index contributed by atoms with van der Waals surface area (Å²) in [5, 5.41) is 0.384. The Kier molecular flexibility index (Phi) is 4.66. The van der Waals surface area contributed by atoms with Gasteiger partial charge in [-0.25, -0.2) is 0 Å². The summed E-state index contributed by atoms with van der Waals surface area (Å²) in [7, 11) is 0. The van der Waals surface area contributed by atoms with E-state index in [0.717, 1.165) is 5.57 Å². The van der Waals surface area contributed by atoms with Crippen molar-refractivity contribution in [2.45, 2.75) is 6.92 Å². The molecule has 0 aromatic heterocycles. The lowest BCUT2D eigenvalue weighted by molar-refractivity contribution is 0.112. The maximum atomic E-state index is 10.8. The molecule has 0 aliphatic heterocycles. The quantitative estimate of drug-likeness (QED) is 0.756. The second-order valence-corrected chi connectivity index (χ2v) is 3.64. The zero-order chi connectivity index (χ0) is 11.3. The van der Waals surface area contributed by atoms with E-state index in [2.05, 4.69) is 0 Å². The first-order valence-corrected chi connectivity index (χ1v) is 5.13. The number of benzene rings is 1.